The van der Waals surface area contributed by atoms with Gasteiger partial charge in [0, 0.05) is 0 Å². The molecule has 0 amide bonds. The first-order valence-electron chi connectivity index (χ1n) is 6.97. The summed E-state index contributed by atoms with van der Waals surface area (Å²) < 4.78 is 5.31. The lowest BCUT2D eigenvalue weighted by molar-refractivity contribution is 0.255. The maximum atomic E-state index is 6.23. The highest BCUT2D eigenvalue weighted by molar-refractivity contribution is 7.98. The van der Waals surface area contributed by atoms with Crippen LogP contribution in [0.5, 0.6) is 0 Å². The third-order valence-corrected chi connectivity index (χ3v) is 4.67. The van der Waals surface area contributed by atoms with Crippen molar-refractivity contribution in [2.75, 3.05) is 5.75 Å². The second-order valence-corrected chi connectivity index (χ2v) is 6.13. The highest BCUT2D eigenvalue weighted by Crippen LogP contribution is 2.32. The number of thioether (sulfide) groups is 1. The molecule has 1 aliphatic rings. The Kier molecular flexibility index (Phi) is 5.50. The number of nitrogens with two attached hydrogens (primary N) is 1. The predicted molar refractivity (Wildman–Crippen MR) is 74.3 cm³/mol. The summed E-state index contributed by atoms with van der Waals surface area (Å²) in [6.07, 6.45) is 7.48. The van der Waals surface area contributed by atoms with Gasteiger partial charge in [-0.25, -0.2) is 0 Å². The van der Waals surface area contributed by atoms with Crippen molar-refractivity contribution in [3.05, 3.63) is 11.7 Å². The summed E-state index contributed by atoms with van der Waals surface area (Å²) in [5.74, 6) is 3.91. The average molecular weight is 269 g/mol. The van der Waals surface area contributed by atoms with E-state index in [2.05, 4.69) is 17.1 Å². The van der Waals surface area contributed by atoms with Gasteiger partial charge in [0.05, 0.1) is 11.8 Å². The second kappa shape index (κ2) is 7.14. The van der Waals surface area contributed by atoms with Crippen molar-refractivity contribution in [3.63, 3.8) is 0 Å². The van der Waals surface area contributed by atoms with Crippen LogP contribution < -0.4 is 5.73 Å². The first-order valence-corrected chi connectivity index (χ1v) is 8.12. The van der Waals surface area contributed by atoms with Gasteiger partial charge in [-0.2, -0.15) is 16.7 Å². The van der Waals surface area contributed by atoms with Crippen molar-refractivity contribution in [2.24, 2.45) is 11.7 Å². The molecular weight excluding hydrogens is 246 g/mol. The molecule has 0 radical (unpaired) electrons. The van der Waals surface area contributed by atoms with Crippen LogP contribution in [0.15, 0.2) is 4.52 Å². The quantitative estimate of drug-likeness (QED) is 0.803. The SMILES string of the molecule is CCCSCc1noc(C(N)C2CCCCC2)n1. The van der Waals surface area contributed by atoms with Gasteiger partial charge < -0.3 is 10.3 Å². The second-order valence-electron chi connectivity index (χ2n) is 5.03. The summed E-state index contributed by atoms with van der Waals surface area (Å²) in [6.45, 7) is 2.17. The van der Waals surface area contributed by atoms with Crippen LogP contribution in [-0.4, -0.2) is 15.9 Å². The maximum absolute atomic E-state index is 6.23. The molecule has 1 heterocycles. The first kappa shape index (κ1) is 13.9. The monoisotopic (exact) mass is 269 g/mol. The molecule has 1 unspecified atom stereocenters. The molecule has 2 rings (SSSR count). The zero-order chi connectivity index (χ0) is 12.8. The smallest absolute Gasteiger partial charge is 0.243 e. The van der Waals surface area contributed by atoms with E-state index >= 15 is 0 Å². The molecule has 18 heavy (non-hydrogen) atoms. The van der Waals surface area contributed by atoms with Gasteiger partial charge in [0.25, 0.3) is 0 Å². The van der Waals surface area contributed by atoms with Gasteiger partial charge in [0.15, 0.2) is 5.82 Å². The molecule has 4 nitrogen and oxygen atoms in total. The Bertz CT molecular complexity index is 350. The van der Waals surface area contributed by atoms with E-state index in [1.54, 1.807) is 0 Å². The third kappa shape index (κ3) is 3.72. The fourth-order valence-corrected chi connectivity index (χ4v) is 3.20. The molecule has 0 aliphatic heterocycles. The molecule has 1 fully saturated rings. The third-order valence-electron chi connectivity index (χ3n) is 3.51. The molecular formula is C13H23N3OS. The van der Waals surface area contributed by atoms with Crippen LogP contribution in [-0.2, 0) is 5.75 Å². The van der Waals surface area contributed by atoms with Crippen LogP contribution in [0.3, 0.4) is 0 Å². The molecule has 0 bridgehead atoms. The summed E-state index contributed by atoms with van der Waals surface area (Å²) in [7, 11) is 0. The summed E-state index contributed by atoms with van der Waals surface area (Å²) in [4.78, 5) is 4.43. The van der Waals surface area contributed by atoms with Crippen LogP contribution in [0.4, 0.5) is 0 Å². The number of hydrogen-bond donors (Lipinski definition) is 1. The number of aromatic nitrogens is 2. The highest BCUT2D eigenvalue weighted by Gasteiger charge is 2.26. The van der Waals surface area contributed by atoms with E-state index in [1.165, 1.54) is 38.5 Å². The van der Waals surface area contributed by atoms with Gasteiger partial charge in [-0.15, -0.1) is 0 Å². The Balaban J connectivity index is 1.87. The van der Waals surface area contributed by atoms with E-state index in [0.717, 1.165) is 17.3 Å². The fourth-order valence-electron chi connectivity index (χ4n) is 2.46. The molecule has 1 saturated carbocycles. The van der Waals surface area contributed by atoms with Gasteiger partial charge in [0.2, 0.25) is 5.89 Å². The topological polar surface area (TPSA) is 64.9 Å². The summed E-state index contributed by atoms with van der Waals surface area (Å²) in [5, 5.41) is 4.02. The fraction of sp³-hybridized carbons (Fsp3) is 0.846. The molecule has 0 spiro atoms. The first-order chi connectivity index (χ1) is 8.81. The minimum atomic E-state index is -0.0669. The lowest BCUT2D eigenvalue weighted by atomic mass is 9.84. The van der Waals surface area contributed by atoms with Gasteiger partial charge in [-0.1, -0.05) is 31.3 Å². The Morgan fingerprint density at radius 3 is 2.89 bits per heavy atom. The van der Waals surface area contributed by atoms with Crippen molar-refractivity contribution in [1.82, 2.24) is 10.1 Å². The Morgan fingerprint density at radius 1 is 1.39 bits per heavy atom. The van der Waals surface area contributed by atoms with Crippen LogP contribution >= 0.6 is 11.8 Å². The van der Waals surface area contributed by atoms with E-state index < -0.39 is 0 Å². The summed E-state index contributed by atoms with van der Waals surface area (Å²) in [6, 6.07) is -0.0669. The van der Waals surface area contributed by atoms with Gasteiger partial charge in [0.1, 0.15) is 0 Å². The van der Waals surface area contributed by atoms with Crippen LogP contribution in [0.25, 0.3) is 0 Å². The van der Waals surface area contributed by atoms with E-state index in [0.29, 0.717) is 11.8 Å². The lowest BCUT2D eigenvalue weighted by Crippen LogP contribution is -2.23. The molecule has 0 saturated heterocycles. The lowest BCUT2D eigenvalue weighted by Gasteiger charge is -2.24. The zero-order valence-corrected chi connectivity index (χ0v) is 11.9. The Morgan fingerprint density at radius 2 is 2.17 bits per heavy atom. The molecule has 2 N–H and O–H groups in total. The largest absolute Gasteiger partial charge is 0.338 e. The van der Waals surface area contributed by atoms with Gasteiger partial charge in [-0.05, 0) is 30.9 Å². The molecule has 102 valence electrons. The van der Waals surface area contributed by atoms with Crippen molar-refractivity contribution >= 4 is 11.8 Å². The standard InChI is InChI=1S/C13H23N3OS/c1-2-8-18-9-11-15-13(17-16-11)12(14)10-6-4-3-5-7-10/h10,12H,2-9,14H2,1H3. The molecule has 1 aliphatic carbocycles. The normalized spacial score (nSPS) is 19.0. The van der Waals surface area contributed by atoms with Crippen molar-refractivity contribution in [1.29, 1.82) is 0 Å². The van der Waals surface area contributed by atoms with Crippen LogP contribution in [0, 0.1) is 5.92 Å². The van der Waals surface area contributed by atoms with Crippen molar-refractivity contribution in [2.45, 2.75) is 57.2 Å². The molecule has 1 aromatic heterocycles. The summed E-state index contributed by atoms with van der Waals surface area (Å²) in [5.41, 5.74) is 6.23. The Labute approximate surface area is 113 Å². The average Bonchev–Trinajstić information content (AvgIpc) is 2.88. The zero-order valence-electron chi connectivity index (χ0n) is 11.1. The van der Waals surface area contributed by atoms with Gasteiger partial charge in [-0.3, -0.25) is 0 Å². The van der Waals surface area contributed by atoms with E-state index in [-0.39, 0.29) is 6.04 Å². The number of rotatable bonds is 6. The van der Waals surface area contributed by atoms with E-state index in [4.69, 9.17) is 10.3 Å². The molecule has 1 aromatic rings. The van der Waals surface area contributed by atoms with E-state index in [9.17, 15) is 0 Å². The van der Waals surface area contributed by atoms with Crippen LogP contribution in [0.2, 0.25) is 0 Å². The summed E-state index contributed by atoms with van der Waals surface area (Å²) >= 11 is 1.84. The Hall–Kier alpha value is -0.550. The van der Waals surface area contributed by atoms with Gasteiger partial charge >= 0.3 is 0 Å². The maximum Gasteiger partial charge on any atom is 0.243 e. The van der Waals surface area contributed by atoms with Crippen molar-refractivity contribution in [3.8, 4) is 0 Å². The highest BCUT2D eigenvalue weighted by atomic mass is 32.2. The minimum absolute atomic E-state index is 0.0669. The van der Waals surface area contributed by atoms with E-state index in [1.807, 2.05) is 11.8 Å². The number of nitrogens with zero attached hydrogens (tertiary/aromatic N) is 2. The predicted octanol–water partition coefficient (Wildman–Crippen LogP) is 3.29. The molecule has 5 heteroatoms. The minimum Gasteiger partial charge on any atom is -0.338 e. The van der Waals surface area contributed by atoms with Crippen molar-refractivity contribution < 1.29 is 4.52 Å². The number of hydrogen-bond acceptors (Lipinski definition) is 5. The van der Waals surface area contributed by atoms with Crippen LogP contribution in [0.1, 0.15) is 63.2 Å². The molecule has 0 aromatic carbocycles. The molecule has 1 atom stereocenters.